The van der Waals surface area contributed by atoms with Crippen LogP contribution in [-0.4, -0.2) is 13.5 Å². The van der Waals surface area contributed by atoms with Gasteiger partial charge in [0.2, 0.25) is 0 Å². The number of para-hydroxylation sites is 3. The van der Waals surface area contributed by atoms with Gasteiger partial charge in [-0.3, -0.25) is 0 Å². The van der Waals surface area contributed by atoms with E-state index in [-0.39, 0.29) is 0 Å². The van der Waals surface area contributed by atoms with Gasteiger partial charge in [-0.2, -0.15) is 5.26 Å². The summed E-state index contributed by atoms with van der Waals surface area (Å²) in [5.74, 6) is 0. The number of nitrogens with zero attached hydrogens (tertiary/aromatic N) is 5. The van der Waals surface area contributed by atoms with Gasteiger partial charge >= 0.3 is 0 Å². The third-order valence-electron chi connectivity index (χ3n) is 10.4. The second-order valence-electron chi connectivity index (χ2n) is 12.7. The second kappa shape index (κ2) is 9.26. The van der Waals surface area contributed by atoms with Crippen LogP contribution < -0.4 is 0 Å². The Morgan fingerprint density at radius 3 is 1.55 bits per heavy atom. The molecule has 0 aliphatic rings. The molecule has 0 unspecified atom stereocenters. The summed E-state index contributed by atoms with van der Waals surface area (Å²) in [4.78, 5) is 3.73. The van der Waals surface area contributed by atoms with Crippen molar-refractivity contribution in [3.8, 4) is 17.4 Å². The van der Waals surface area contributed by atoms with Crippen molar-refractivity contribution in [2.45, 2.75) is 0 Å². The average Bonchev–Trinajstić information content (AvgIpc) is 3.88. The molecule has 0 saturated carbocycles. The topological polar surface area (TPSA) is 42.4 Å². The number of aromatic nitrogens is 3. The number of hydrogen-bond acceptors (Lipinski definition) is 1. The highest BCUT2D eigenvalue weighted by Crippen LogP contribution is 2.45. The Hall–Kier alpha value is -7.08. The zero-order valence-corrected chi connectivity index (χ0v) is 26.0. The van der Waals surface area contributed by atoms with Crippen molar-refractivity contribution >= 4 is 87.4 Å². The first kappa shape index (κ1) is 26.0. The van der Waals surface area contributed by atoms with Crippen molar-refractivity contribution in [1.82, 2.24) is 13.5 Å². The Morgan fingerprint density at radius 2 is 0.959 bits per heavy atom. The van der Waals surface area contributed by atoms with Crippen LogP contribution in [0.15, 0.2) is 140 Å². The van der Waals surface area contributed by atoms with E-state index >= 15 is 0 Å². The summed E-state index contributed by atoms with van der Waals surface area (Å²) in [5.41, 5.74) is 11.5. The van der Waals surface area contributed by atoms with Crippen LogP contribution in [0.3, 0.4) is 0 Å². The molecule has 49 heavy (non-hydrogen) atoms. The fraction of sp³-hybridized carbons (Fsp3) is 0. The summed E-state index contributed by atoms with van der Waals surface area (Å²) in [7, 11) is 0. The van der Waals surface area contributed by atoms with E-state index in [4.69, 9.17) is 6.57 Å². The number of hydrogen-bond donors (Lipinski definition) is 0. The standard InChI is InChI=1S/C44H23N5/c1-46-27-20-22-37-33(24-27)29-10-3-5-14-35(29)48(37)39-16-8-18-41-43(39)31-12-6-11-30-42-38(15-7-17-40(42)49(41)44(30)31)47-34-13-4-2-9-28(34)32-23-26(25-45)19-21-36(32)47/h2-24H. The van der Waals surface area contributed by atoms with Crippen molar-refractivity contribution in [1.29, 1.82) is 5.26 Å². The highest BCUT2D eigenvalue weighted by Gasteiger charge is 2.24. The van der Waals surface area contributed by atoms with E-state index in [1.807, 2.05) is 24.3 Å². The molecular weight excluding hydrogens is 599 g/mol. The largest absolute Gasteiger partial charge is 0.309 e. The van der Waals surface area contributed by atoms with Crippen LogP contribution >= 0.6 is 0 Å². The molecule has 11 rings (SSSR count). The first-order chi connectivity index (χ1) is 24.2. The quantitative estimate of drug-likeness (QED) is 0.177. The maximum atomic E-state index is 9.70. The van der Waals surface area contributed by atoms with Crippen molar-refractivity contribution in [2.24, 2.45) is 0 Å². The van der Waals surface area contributed by atoms with Crippen LogP contribution in [0.25, 0.3) is 97.9 Å². The Labute approximate surface area is 279 Å². The van der Waals surface area contributed by atoms with Crippen LogP contribution in [0.5, 0.6) is 0 Å². The molecule has 11 aromatic rings. The van der Waals surface area contributed by atoms with E-state index < -0.39 is 0 Å². The molecule has 0 spiro atoms. The average molecular weight is 622 g/mol. The van der Waals surface area contributed by atoms with Gasteiger partial charge in [-0.25, -0.2) is 4.85 Å². The fourth-order valence-corrected chi connectivity index (χ4v) is 8.50. The third kappa shape index (κ3) is 3.21. The minimum Gasteiger partial charge on any atom is -0.309 e. The van der Waals surface area contributed by atoms with Gasteiger partial charge in [-0.05, 0) is 72.1 Å². The lowest BCUT2D eigenvalue weighted by Gasteiger charge is -2.12. The zero-order chi connectivity index (χ0) is 32.4. The Balaban J connectivity index is 1.28. The molecule has 0 saturated heterocycles. The molecule has 0 atom stereocenters. The van der Waals surface area contributed by atoms with Crippen molar-refractivity contribution < 1.29 is 0 Å². The predicted molar refractivity (Wildman–Crippen MR) is 201 cm³/mol. The summed E-state index contributed by atoms with van der Waals surface area (Å²) < 4.78 is 7.16. The molecule has 4 aromatic heterocycles. The fourth-order valence-electron chi connectivity index (χ4n) is 8.50. The molecule has 0 amide bonds. The van der Waals surface area contributed by atoms with Crippen molar-refractivity contribution in [3.63, 3.8) is 0 Å². The molecule has 0 aliphatic carbocycles. The predicted octanol–water partition coefficient (Wildman–Crippen LogP) is 11.5. The van der Waals surface area contributed by atoms with E-state index in [1.54, 1.807) is 0 Å². The van der Waals surface area contributed by atoms with E-state index in [9.17, 15) is 5.26 Å². The minimum atomic E-state index is 0.644. The van der Waals surface area contributed by atoms with Crippen molar-refractivity contribution in [3.05, 3.63) is 157 Å². The van der Waals surface area contributed by atoms with E-state index in [0.29, 0.717) is 11.3 Å². The smallest absolute Gasteiger partial charge is 0.188 e. The summed E-state index contributed by atoms with van der Waals surface area (Å²) >= 11 is 0. The van der Waals surface area contributed by atoms with Gasteiger partial charge < -0.3 is 13.5 Å². The highest BCUT2D eigenvalue weighted by atomic mass is 15.0. The molecule has 0 N–H and O–H groups in total. The maximum absolute atomic E-state index is 9.70. The Morgan fingerprint density at radius 1 is 0.469 bits per heavy atom. The van der Waals surface area contributed by atoms with Crippen LogP contribution in [0, 0.1) is 17.9 Å². The molecule has 0 bridgehead atoms. The lowest BCUT2D eigenvalue weighted by atomic mass is 10.1. The first-order valence-corrected chi connectivity index (χ1v) is 16.3. The number of fused-ring (bicyclic) bond motifs is 12. The van der Waals surface area contributed by atoms with Gasteiger partial charge in [0.25, 0.3) is 0 Å². The monoisotopic (exact) mass is 621 g/mol. The molecule has 0 fully saturated rings. The molecule has 7 aromatic carbocycles. The van der Waals surface area contributed by atoms with Crippen LogP contribution in [-0.2, 0) is 0 Å². The molecule has 0 aliphatic heterocycles. The van der Waals surface area contributed by atoms with Gasteiger partial charge in [0.05, 0.1) is 68.2 Å². The van der Waals surface area contributed by atoms with Crippen LogP contribution in [0.1, 0.15) is 5.56 Å². The molecular formula is C44H23N5. The number of nitriles is 1. The number of benzene rings is 7. The lowest BCUT2D eigenvalue weighted by molar-refractivity contribution is 1.19. The molecule has 4 heterocycles. The van der Waals surface area contributed by atoms with Gasteiger partial charge in [0.15, 0.2) is 5.69 Å². The van der Waals surface area contributed by atoms with E-state index in [1.165, 1.54) is 27.1 Å². The first-order valence-electron chi connectivity index (χ1n) is 16.3. The zero-order valence-electron chi connectivity index (χ0n) is 26.0. The van der Waals surface area contributed by atoms with Crippen LogP contribution in [0.2, 0.25) is 0 Å². The van der Waals surface area contributed by atoms with Gasteiger partial charge in [-0.1, -0.05) is 72.8 Å². The lowest BCUT2D eigenvalue weighted by Crippen LogP contribution is -1.96. The highest BCUT2D eigenvalue weighted by molar-refractivity contribution is 6.27. The minimum absolute atomic E-state index is 0.644. The SMILES string of the molecule is [C-]#[N+]c1ccc2c(c1)c1ccccc1n2-c1cccc2c1c1cccc3c4c(-n5c6ccccc6c6cc(C#N)ccc65)cccc4n2c31. The summed E-state index contributed by atoms with van der Waals surface area (Å²) in [6.45, 7) is 7.64. The van der Waals surface area contributed by atoms with Gasteiger partial charge in [-0.15, -0.1) is 0 Å². The maximum Gasteiger partial charge on any atom is 0.188 e. The van der Waals surface area contributed by atoms with Crippen molar-refractivity contribution in [2.75, 3.05) is 0 Å². The Kier molecular flexibility index (Phi) is 4.92. The van der Waals surface area contributed by atoms with E-state index in [0.717, 1.165) is 66.0 Å². The number of rotatable bonds is 2. The molecule has 5 nitrogen and oxygen atoms in total. The second-order valence-corrected chi connectivity index (χ2v) is 12.7. The third-order valence-corrected chi connectivity index (χ3v) is 10.4. The van der Waals surface area contributed by atoms with E-state index in [2.05, 4.69) is 140 Å². The normalized spacial score (nSPS) is 12.0. The molecule has 5 heteroatoms. The molecule has 224 valence electrons. The summed E-state index contributed by atoms with van der Waals surface area (Å²) in [6, 6.07) is 51.2. The Bertz CT molecular complexity index is 3080. The van der Waals surface area contributed by atoms with Gasteiger partial charge in [0.1, 0.15) is 0 Å². The van der Waals surface area contributed by atoms with Crippen LogP contribution in [0.4, 0.5) is 5.69 Å². The summed E-state index contributed by atoms with van der Waals surface area (Å²) in [6.07, 6.45) is 0. The van der Waals surface area contributed by atoms with Gasteiger partial charge in [0, 0.05) is 37.7 Å². The molecule has 0 radical (unpaired) electrons. The summed E-state index contributed by atoms with van der Waals surface area (Å²) in [5, 5.41) is 18.9.